The second-order valence-corrected chi connectivity index (χ2v) is 4.81. The van der Waals surface area contributed by atoms with Crippen molar-refractivity contribution in [2.45, 2.75) is 57.3 Å². The SMILES string of the molecule is C[C@@H]1CCC[C@]2(CCC/C(=C\C#N)CO2)O1. The van der Waals surface area contributed by atoms with Crippen LogP contribution < -0.4 is 0 Å². The first kappa shape index (κ1) is 11.6. The summed E-state index contributed by atoms with van der Waals surface area (Å²) >= 11 is 0. The van der Waals surface area contributed by atoms with E-state index in [0.29, 0.717) is 12.7 Å². The summed E-state index contributed by atoms with van der Waals surface area (Å²) in [7, 11) is 0. The van der Waals surface area contributed by atoms with Gasteiger partial charge in [-0.05, 0) is 38.2 Å². The predicted octanol–water partition coefficient (Wildman–Crippen LogP) is 2.92. The Balaban J connectivity index is 2.02. The minimum absolute atomic E-state index is 0.301. The molecule has 0 bridgehead atoms. The van der Waals surface area contributed by atoms with Crippen LogP contribution in [-0.4, -0.2) is 18.5 Å². The van der Waals surface area contributed by atoms with Gasteiger partial charge in [0.2, 0.25) is 0 Å². The third-order valence-electron chi connectivity index (χ3n) is 3.43. The average molecular weight is 221 g/mol. The van der Waals surface area contributed by atoms with Crippen molar-refractivity contribution in [2.24, 2.45) is 0 Å². The van der Waals surface area contributed by atoms with Crippen LogP contribution >= 0.6 is 0 Å². The Morgan fingerprint density at radius 2 is 2.25 bits per heavy atom. The van der Waals surface area contributed by atoms with E-state index in [4.69, 9.17) is 14.7 Å². The van der Waals surface area contributed by atoms with Gasteiger partial charge < -0.3 is 9.47 Å². The van der Waals surface area contributed by atoms with E-state index in [1.807, 2.05) is 0 Å². The fourth-order valence-electron chi connectivity index (χ4n) is 2.59. The van der Waals surface area contributed by atoms with E-state index in [1.54, 1.807) is 6.08 Å². The van der Waals surface area contributed by atoms with Crippen LogP contribution in [-0.2, 0) is 9.47 Å². The zero-order valence-corrected chi connectivity index (χ0v) is 9.87. The number of nitriles is 1. The molecule has 0 unspecified atom stereocenters. The zero-order valence-electron chi connectivity index (χ0n) is 9.87. The van der Waals surface area contributed by atoms with Crippen LogP contribution in [0.3, 0.4) is 0 Å². The van der Waals surface area contributed by atoms with Gasteiger partial charge in [0.05, 0.1) is 18.8 Å². The van der Waals surface area contributed by atoms with Crippen molar-refractivity contribution in [2.75, 3.05) is 6.61 Å². The molecular weight excluding hydrogens is 202 g/mol. The van der Waals surface area contributed by atoms with Crippen LogP contribution in [0.25, 0.3) is 0 Å². The Morgan fingerprint density at radius 3 is 3.00 bits per heavy atom. The fraction of sp³-hybridized carbons (Fsp3) is 0.769. The summed E-state index contributed by atoms with van der Waals surface area (Å²) in [5.74, 6) is -0.358. The van der Waals surface area contributed by atoms with Gasteiger partial charge in [0.15, 0.2) is 5.79 Å². The van der Waals surface area contributed by atoms with E-state index < -0.39 is 0 Å². The molecule has 0 amide bonds. The molecule has 2 heterocycles. The van der Waals surface area contributed by atoms with Gasteiger partial charge in [-0.15, -0.1) is 0 Å². The van der Waals surface area contributed by atoms with Crippen LogP contribution in [0, 0.1) is 11.3 Å². The van der Waals surface area contributed by atoms with Crippen molar-refractivity contribution in [1.82, 2.24) is 0 Å². The van der Waals surface area contributed by atoms with Crippen LogP contribution in [0.4, 0.5) is 0 Å². The first-order valence-corrected chi connectivity index (χ1v) is 6.13. The van der Waals surface area contributed by atoms with Gasteiger partial charge >= 0.3 is 0 Å². The molecule has 16 heavy (non-hydrogen) atoms. The molecule has 0 N–H and O–H groups in total. The topological polar surface area (TPSA) is 42.2 Å². The highest BCUT2D eigenvalue weighted by Gasteiger charge is 2.37. The number of hydrogen-bond donors (Lipinski definition) is 0. The first-order valence-electron chi connectivity index (χ1n) is 6.13. The van der Waals surface area contributed by atoms with Crippen LogP contribution in [0.2, 0.25) is 0 Å². The normalized spacial score (nSPS) is 38.2. The highest BCUT2D eigenvalue weighted by Crippen LogP contribution is 2.37. The van der Waals surface area contributed by atoms with Gasteiger partial charge in [0.25, 0.3) is 0 Å². The molecule has 0 aromatic rings. The summed E-state index contributed by atoms with van der Waals surface area (Å²) in [6.07, 6.45) is 8.20. The van der Waals surface area contributed by atoms with Crippen molar-refractivity contribution in [3.8, 4) is 6.07 Å². The van der Waals surface area contributed by atoms with E-state index in [2.05, 4.69) is 13.0 Å². The molecular formula is C13H19NO2. The fourth-order valence-corrected chi connectivity index (χ4v) is 2.59. The van der Waals surface area contributed by atoms with E-state index in [0.717, 1.165) is 37.7 Å². The van der Waals surface area contributed by atoms with Crippen molar-refractivity contribution in [1.29, 1.82) is 5.26 Å². The minimum Gasteiger partial charge on any atom is -0.347 e. The van der Waals surface area contributed by atoms with Crippen LogP contribution in [0.15, 0.2) is 11.6 Å². The Labute approximate surface area is 97.0 Å². The molecule has 2 aliphatic heterocycles. The number of nitrogens with zero attached hydrogens (tertiary/aromatic N) is 1. The van der Waals surface area contributed by atoms with Crippen molar-refractivity contribution >= 4 is 0 Å². The number of ether oxygens (including phenoxy) is 2. The molecule has 2 fully saturated rings. The molecule has 0 aliphatic carbocycles. The first-order chi connectivity index (χ1) is 7.74. The molecule has 88 valence electrons. The number of rotatable bonds is 0. The van der Waals surface area contributed by atoms with Crippen molar-refractivity contribution in [3.05, 3.63) is 11.6 Å². The molecule has 0 aromatic heterocycles. The smallest absolute Gasteiger partial charge is 0.169 e. The molecule has 2 atom stereocenters. The quantitative estimate of drug-likeness (QED) is 0.591. The number of allylic oxidation sites excluding steroid dienone is 1. The third-order valence-corrected chi connectivity index (χ3v) is 3.43. The Bertz CT molecular complexity index is 318. The monoisotopic (exact) mass is 221 g/mol. The molecule has 2 aliphatic rings. The maximum atomic E-state index is 8.64. The average Bonchev–Trinajstić information content (AvgIpc) is 2.43. The molecule has 2 saturated heterocycles. The van der Waals surface area contributed by atoms with Gasteiger partial charge in [-0.1, -0.05) is 0 Å². The lowest BCUT2D eigenvalue weighted by atomic mass is 9.97. The van der Waals surface area contributed by atoms with E-state index in [9.17, 15) is 0 Å². The molecule has 1 spiro atoms. The highest BCUT2D eigenvalue weighted by atomic mass is 16.7. The minimum atomic E-state index is -0.358. The predicted molar refractivity (Wildman–Crippen MR) is 60.6 cm³/mol. The molecule has 2 rings (SSSR count). The molecule has 0 saturated carbocycles. The largest absolute Gasteiger partial charge is 0.347 e. The van der Waals surface area contributed by atoms with Gasteiger partial charge in [-0.2, -0.15) is 5.26 Å². The molecule has 3 nitrogen and oxygen atoms in total. The maximum Gasteiger partial charge on any atom is 0.169 e. The lowest BCUT2D eigenvalue weighted by Crippen LogP contribution is -2.41. The van der Waals surface area contributed by atoms with Crippen molar-refractivity contribution < 1.29 is 9.47 Å². The van der Waals surface area contributed by atoms with E-state index in [1.165, 1.54) is 6.42 Å². The van der Waals surface area contributed by atoms with Gasteiger partial charge in [-0.3, -0.25) is 0 Å². The van der Waals surface area contributed by atoms with Crippen LogP contribution in [0.1, 0.15) is 45.4 Å². The summed E-state index contributed by atoms with van der Waals surface area (Å²) < 4.78 is 11.9. The summed E-state index contributed by atoms with van der Waals surface area (Å²) in [6.45, 7) is 2.67. The van der Waals surface area contributed by atoms with E-state index >= 15 is 0 Å². The molecule has 0 radical (unpaired) electrons. The molecule has 0 aromatic carbocycles. The van der Waals surface area contributed by atoms with Crippen LogP contribution in [0.5, 0.6) is 0 Å². The second kappa shape index (κ2) is 4.99. The summed E-state index contributed by atoms with van der Waals surface area (Å²) in [5, 5.41) is 8.64. The second-order valence-electron chi connectivity index (χ2n) is 4.81. The number of hydrogen-bond acceptors (Lipinski definition) is 3. The Morgan fingerprint density at radius 1 is 1.44 bits per heavy atom. The van der Waals surface area contributed by atoms with Crippen molar-refractivity contribution in [3.63, 3.8) is 0 Å². The summed E-state index contributed by atoms with van der Waals surface area (Å²) in [5.41, 5.74) is 1.10. The Kier molecular flexibility index (Phi) is 3.63. The summed E-state index contributed by atoms with van der Waals surface area (Å²) in [4.78, 5) is 0. The summed E-state index contributed by atoms with van der Waals surface area (Å²) in [6, 6.07) is 2.08. The maximum absolute atomic E-state index is 8.64. The van der Waals surface area contributed by atoms with Gasteiger partial charge in [0.1, 0.15) is 0 Å². The highest BCUT2D eigenvalue weighted by molar-refractivity contribution is 5.14. The third kappa shape index (κ3) is 2.63. The standard InChI is InChI=1S/C13H19NO2/c1-11-4-2-7-13(16-11)8-3-5-12(6-9-14)10-15-13/h6,11H,2-5,7-8,10H2,1H3/b12-6+/t11-,13-/m1/s1. The Hall–Kier alpha value is -0.850. The zero-order chi connectivity index (χ0) is 11.4. The molecule has 3 heteroatoms. The lowest BCUT2D eigenvalue weighted by molar-refractivity contribution is -0.273. The van der Waals surface area contributed by atoms with Gasteiger partial charge in [0, 0.05) is 18.9 Å². The van der Waals surface area contributed by atoms with Gasteiger partial charge in [-0.25, -0.2) is 0 Å². The van der Waals surface area contributed by atoms with E-state index in [-0.39, 0.29) is 5.79 Å². The lowest BCUT2D eigenvalue weighted by Gasteiger charge is -2.39.